The topological polar surface area (TPSA) is 89.4 Å². The Balaban J connectivity index is 1.65. The molecule has 26 heavy (non-hydrogen) atoms. The second-order valence-corrected chi connectivity index (χ2v) is 6.42. The molecule has 8 nitrogen and oxygen atoms in total. The average molecular weight is 357 g/mol. The molecule has 0 aromatic carbocycles. The molecule has 3 N–H and O–H groups in total. The Labute approximate surface area is 154 Å². The van der Waals surface area contributed by atoms with Crippen LogP contribution in [0.1, 0.15) is 0 Å². The van der Waals surface area contributed by atoms with Crippen LogP contribution in [0.2, 0.25) is 0 Å². The van der Waals surface area contributed by atoms with E-state index in [0.717, 1.165) is 56.3 Å². The Bertz CT molecular complexity index is 674. The van der Waals surface area contributed by atoms with Crippen molar-refractivity contribution in [3.8, 4) is 11.3 Å². The maximum atomic E-state index is 9.04. The molecule has 140 valence electrons. The Morgan fingerprint density at radius 1 is 1.04 bits per heavy atom. The molecular formula is C18H27N7O. The van der Waals surface area contributed by atoms with Crippen LogP contribution in [0.4, 0.5) is 11.8 Å². The molecule has 0 spiro atoms. The van der Waals surface area contributed by atoms with Crippen LogP contribution in [0, 0.1) is 0 Å². The highest BCUT2D eigenvalue weighted by atomic mass is 16.3. The minimum atomic E-state index is 0.0367. The first-order valence-corrected chi connectivity index (χ1v) is 9.03. The van der Waals surface area contributed by atoms with Crippen LogP contribution in [0.25, 0.3) is 11.3 Å². The minimum absolute atomic E-state index is 0.0367. The molecule has 3 rings (SSSR count). The van der Waals surface area contributed by atoms with Gasteiger partial charge in [0.05, 0.1) is 12.3 Å². The number of aliphatic hydroxyl groups is 1. The molecule has 1 aliphatic heterocycles. The van der Waals surface area contributed by atoms with Gasteiger partial charge in [0.25, 0.3) is 0 Å². The van der Waals surface area contributed by atoms with Gasteiger partial charge in [-0.2, -0.15) is 4.98 Å². The van der Waals surface area contributed by atoms with E-state index in [2.05, 4.69) is 42.4 Å². The summed E-state index contributed by atoms with van der Waals surface area (Å²) in [5, 5.41) is 15.5. The third-order valence-electron chi connectivity index (χ3n) is 4.43. The molecule has 3 heterocycles. The molecule has 1 aliphatic rings. The quantitative estimate of drug-likeness (QED) is 0.633. The van der Waals surface area contributed by atoms with Gasteiger partial charge in [-0.3, -0.25) is 9.88 Å². The third-order valence-corrected chi connectivity index (χ3v) is 4.43. The van der Waals surface area contributed by atoms with Gasteiger partial charge in [-0.1, -0.05) is 0 Å². The highest BCUT2D eigenvalue weighted by Crippen LogP contribution is 2.20. The van der Waals surface area contributed by atoms with Crippen LogP contribution < -0.4 is 10.6 Å². The molecule has 0 unspecified atom stereocenters. The largest absolute Gasteiger partial charge is 0.395 e. The van der Waals surface area contributed by atoms with E-state index in [1.807, 2.05) is 18.2 Å². The van der Waals surface area contributed by atoms with E-state index in [1.165, 1.54) is 0 Å². The zero-order valence-electron chi connectivity index (χ0n) is 15.2. The zero-order valence-corrected chi connectivity index (χ0v) is 15.2. The molecule has 0 radical (unpaired) electrons. The van der Waals surface area contributed by atoms with E-state index in [9.17, 15) is 0 Å². The fraction of sp³-hybridized carbons (Fsp3) is 0.500. The fourth-order valence-corrected chi connectivity index (χ4v) is 2.87. The van der Waals surface area contributed by atoms with Crippen LogP contribution in [-0.2, 0) is 0 Å². The summed E-state index contributed by atoms with van der Waals surface area (Å²) in [5.41, 5.74) is 1.81. The van der Waals surface area contributed by atoms with Crippen LogP contribution in [0.5, 0.6) is 0 Å². The first-order chi connectivity index (χ1) is 12.7. The molecular weight excluding hydrogens is 330 g/mol. The smallest absolute Gasteiger partial charge is 0.225 e. The maximum Gasteiger partial charge on any atom is 0.225 e. The monoisotopic (exact) mass is 357 g/mol. The predicted molar refractivity (Wildman–Crippen MR) is 103 cm³/mol. The lowest BCUT2D eigenvalue weighted by molar-refractivity contribution is 0.158. The van der Waals surface area contributed by atoms with E-state index in [1.54, 1.807) is 12.4 Å². The lowest BCUT2D eigenvalue weighted by Crippen LogP contribution is -2.45. The number of hydrogen-bond donors (Lipinski definition) is 3. The number of nitrogens with zero attached hydrogens (tertiary/aromatic N) is 5. The second-order valence-electron chi connectivity index (χ2n) is 6.42. The Hall–Kier alpha value is -2.29. The Morgan fingerprint density at radius 3 is 2.54 bits per heavy atom. The van der Waals surface area contributed by atoms with Crippen molar-refractivity contribution in [1.29, 1.82) is 0 Å². The van der Waals surface area contributed by atoms with Gasteiger partial charge in [0.2, 0.25) is 5.95 Å². The van der Waals surface area contributed by atoms with Crippen molar-refractivity contribution in [1.82, 2.24) is 24.8 Å². The normalized spacial score (nSPS) is 15.8. The number of nitrogens with one attached hydrogen (secondary N) is 2. The number of aromatic nitrogens is 3. The summed E-state index contributed by atoms with van der Waals surface area (Å²) < 4.78 is 0. The highest BCUT2D eigenvalue weighted by Gasteiger charge is 2.13. The van der Waals surface area contributed by atoms with Gasteiger partial charge in [0, 0.05) is 69.8 Å². The average Bonchev–Trinajstić information content (AvgIpc) is 2.68. The summed E-state index contributed by atoms with van der Waals surface area (Å²) in [5.74, 6) is 1.29. The van der Waals surface area contributed by atoms with Crippen LogP contribution in [0.3, 0.4) is 0 Å². The molecule has 0 saturated carbocycles. The van der Waals surface area contributed by atoms with E-state index in [-0.39, 0.29) is 6.61 Å². The van der Waals surface area contributed by atoms with Gasteiger partial charge in [-0.15, -0.1) is 0 Å². The number of hydrogen-bond acceptors (Lipinski definition) is 8. The van der Waals surface area contributed by atoms with Crippen molar-refractivity contribution in [2.75, 3.05) is 70.1 Å². The molecule has 0 amide bonds. The van der Waals surface area contributed by atoms with Gasteiger partial charge in [0.15, 0.2) is 0 Å². The van der Waals surface area contributed by atoms with Crippen molar-refractivity contribution in [2.24, 2.45) is 0 Å². The van der Waals surface area contributed by atoms with Crippen molar-refractivity contribution in [3.05, 3.63) is 30.6 Å². The standard InChI is InChI=1S/C18H27N7O/c1-24-9-11-25(12-10-24)8-6-20-17-14-16(15-2-4-19-5-3-15)22-18(23-17)21-7-13-26/h2-5,14,26H,6-13H2,1H3,(H2,20,21,22,23). The first kappa shape index (κ1) is 18.5. The number of aliphatic hydroxyl groups excluding tert-OH is 1. The summed E-state index contributed by atoms with van der Waals surface area (Å²) in [4.78, 5) is 17.9. The maximum absolute atomic E-state index is 9.04. The molecule has 1 fully saturated rings. The summed E-state index contributed by atoms with van der Waals surface area (Å²) in [6.07, 6.45) is 3.50. The Kier molecular flexibility index (Phi) is 6.70. The lowest BCUT2D eigenvalue weighted by atomic mass is 10.2. The number of rotatable bonds is 8. The fourth-order valence-electron chi connectivity index (χ4n) is 2.87. The summed E-state index contributed by atoms with van der Waals surface area (Å²) >= 11 is 0. The van der Waals surface area contributed by atoms with E-state index in [0.29, 0.717) is 12.5 Å². The van der Waals surface area contributed by atoms with Crippen molar-refractivity contribution in [3.63, 3.8) is 0 Å². The highest BCUT2D eigenvalue weighted by molar-refractivity contribution is 5.63. The van der Waals surface area contributed by atoms with Gasteiger partial charge in [-0.25, -0.2) is 4.98 Å². The Morgan fingerprint density at radius 2 is 1.81 bits per heavy atom. The molecule has 0 atom stereocenters. The van der Waals surface area contributed by atoms with Gasteiger partial charge in [0.1, 0.15) is 5.82 Å². The van der Waals surface area contributed by atoms with Gasteiger partial charge in [-0.05, 0) is 19.2 Å². The first-order valence-electron chi connectivity index (χ1n) is 9.03. The number of piperazine rings is 1. The van der Waals surface area contributed by atoms with Crippen LogP contribution in [-0.4, -0.2) is 89.3 Å². The summed E-state index contributed by atoms with van der Waals surface area (Å²) in [6.45, 7) is 6.72. The van der Waals surface area contributed by atoms with Crippen molar-refractivity contribution >= 4 is 11.8 Å². The molecule has 2 aromatic rings. The van der Waals surface area contributed by atoms with Crippen LogP contribution >= 0.6 is 0 Å². The number of likely N-dealkylation sites (N-methyl/N-ethyl adjacent to an activating group) is 1. The minimum Gasteiger partial charge on any atom is -0.395 e. The third kappa shape index (κ3) is 5.35. The van der Waals surface area contributed by atoms with Gasteiger partial charge < -0.3 is 20.6 Å². The number of anilines is 2. The summed E-state index contributed by atoms with van der Waals surface area (Å²) in [7, 11) is 2.16. The SMILES string of the molecule is CN1CCN(CCNc2cc(-c3ccncc3)nc(NCCO)n2)CC1. The number of pyridine rings is 1. The molecule has 0 bridgehead atoms. The molecule has 8 heteroatoms. The molecule has 1 saturated heterocycles. The lowest BCUT2D eigenvalue weighted by Gasteiger charge is -2.32. The second kappa shape index (κ2) is 9.42. The predicted octanol–water partition coefficient (Wildman–Crippen LogP) is 0.602. The van der Waals surface area contributed by atoms with Crippen LogP contribution in [0.15, 0.2) is 30.6 Å². The van der Waals surface area contributed by atoms with Crippen molar-refractivity contribution < 1.29 is 5.11 Å². The van der Waals surface area contributed by atoms with E-state index >= 15 is 0 Å². The molecule has 0 aliphatic carbocycles. The zero-order chi connectivity index (χ0) is 18.2. The summed E-state index contributed by atoms with van der Waals surface area (Å²) in [6, 6.07) is 5.79. The molecule has 2 aromatic heterocycles. The van der Waals surface area contributed by atoms with E-state index < -0.39 is 0 Å². The van der Waals surface area contributed by atoms with Crippen molar-refractivity contribution in [2.45, 2.75) is 0 Å². The van der Waals surface area contributed by atoms with E-state index in [4.69, 9.17) is 5.11 Å². The van der Waals surface area contributed by atoms with Gasteiger partial charge >= 0.3 is 0 Å².